The van der Waals surface area contributed by atoms with E-state index in [1.54, 1.807) is 22.5 Å². The van der Waals surface area contributed by atoms with E-state index < -0.39 is 10.0 Å². The minimum atomic E-state index is -3.39. The van der Waals surface area contributed by atoms with Crippen LogP contribution in [0.5, 0.6) is 0 Å². The minimum absolute atomic E-state index is 0.369. The number of sulfonamides is 1. The average Bonchev–Trinajstić information content (AvgIpc) is 2.65. The lowest BCUT2D eigenvalue weighted by Crippen LogP contribution is -2.37. The summed E-state index contributed by atoms with van der Waals surface area (Å²) >= 11 is 0. The summed E-state index contributed by atoms with van der Waals surface area (Å²) < 4.78 is 27.2. The first-order valence-electron chi connectivity index (χ1n) is 9.19. The average molecular weight is 367 g/mol. The van der Waals surface area contributed by atoms with Gasteiger partial charge in [-0.1, -0.05) is 25.5 Å². The molecule has 1 aromatic carbocycles. The lowest BCUT2D eigenvalue weighted by atomic mass is 10.2. The van der Waals surface area contributed by atoms with Gasteiger partial charge in [0.2, 0.25) is 10.0 Å². The molecule has 0 atom stereocenters. The van der Waals surface area contributed by atoms with Gasteiger partial charge in [0.15, 0.2) is 5.96 Å². The number of rotatable bonds is 7. The van der Waals surface area contributed by atoms with Crippen molar-refractivity contribution in [3.05, 3.63) is 29.8 Å². The van der Waals surface area contributed by atoms with E-state index in [0.717, 1.165) is 50.3 Å². The van der Waals surface area contributed by atoms with Gasteiger partial charge in [0.05, 0.1) is 11.4 Å². The molecule has 0 spiro atoms. The van der Waals surface area contributed by atoms with Gasteiger partial charge < -0.3 is 10.6 Å². The van der Waals surface area contributed by atoms with Crippen LogP contribution in [-0.2, 0) is 16.6 Å². The highest BCUT2D eigenvalue weighted by Crippen LogP contribution is 2.21. The minimum Gasteiger partial charge on any atom is -0.357 e. The Balaban J connectivity index is 2.12. The Hall–Kier alpha value is -1.60. The van der Waals surface area contributed by atoms with Crippen molar-refractivity contribution in [2.75, 3.05) is 26.2 Å². The van der Waals surface area contributed by atoms with Crippen LogP contribution < -0.4 is 10.6 Å². The van der Waals surface area contributed by atoms with E-state index in [1.807, 2.05) is 13.0 Å². The van der Waals surface area contributed by atoms with Gasteiger partial charge in [-0.2, -0.15) is 4.31 Å². The predicted molar refractivity (Wildman–Crippen MR) is 102 cm³/mol. The lowest BCUT2D eigenvalue weighted by Gasteiger charge is -2.26. The normalized spacial score (nSPS) is 16.6. The Morgan fingerprint density at radius 3 is 2.60 bits per heavy atom. The molecule has 2 N–H and O–H groups in total. The largest absolute Gasteiger partial charge is 0.357 e. The second kappa shape index (κ2) is 9.77. The van der Waals surface area contributed by atoms with Crippen LogP contribution in [0.25, 0.3) is 0 Å². The summed E-state index contributed by atoms with van der Waals surface area (Å²) in [5.41, 5.74) is 0.895. The first-order valence-corrected chi connectivity index (χ1v) is 10.6. The topological polar surface area (TPSA) is 73.8 Å². The molecule has 25 heavy (non-hydrogen) atoms. The maximum atomic E-state index is 12.8. The zero-order chi connectivity index (χ0) is 18.1. The smallest absolute Gasteiger partial charge is 0.243 e. The standard InChI is InChI=1S/C18H30N4O2S/c1-3-11-20-18(19-4-2)21-15-16-9-8-10-17(14-16)25(23,24)22-12-6-5-7-13-22/h8-10,14H,3-7,11-13,15H2,1-2H3,(H2,19,20,21). The Morgan fingerprint density at radius 1 is 1.16 bits per heavy atom. The van der Waals surface area contributed by atoms with Crippen molar-refractivity contribution in [3.8, 4) is 0 Å². The first-order chi connectivity index (χ1) is 12.1. The van der Waals surface area contributed by atoms with Gasteiger partial charge in [-0.3, -0.25) is 0 Å². The number of benzene rings is 1. The van der Waals surface area contributed by atoms with Crippen LogP contribution in [0.3, 0.4) is 0 Å². The van der Waals surface area contributed by atoms with E-state index >= 15 is 0 Å². The molecule has 1 saturated heterocycles. The molecule has 140 valence electrons. The van der Waals surface area contributed by atoms with Gasteiger partial charge in [-0.05, 0) is 43.9 Å². The molecule has 6 nitrogen and oxygen atoms in total. The van der Waals surface area contributed by atoms with Crippen molar-refractivity contribution in [2.45, 2.75) is 51.0 Å². The molecule has 0 amide bonds. The quantitative estimate of drug-likeness (QED) is 0.574. The van der Waals surface area contributed by atoms with Crippen molar-refractivity contribution >= 4 is 16.0 Å². The van der Waals surface area contributed by atoms with Crippen LogP contribution in [0.15, 0.2) is 34.2 Å². The van der Waals surface area contributed by atoms with Gasteiger partial charge in [0.1, 0.15) is 0 Å². The highest BCUT2D eigenvalue weighted by atomic mass is 32.2. The third-order valence-electron chi connectivity index (χ3n) is 4.16. The highest BCUT2D eigenvalue weighted by molar-refractivity contribution is 7.89. The van der Waals surface area contributed by atoms with E-state index in [4.69, 9.17) is 0 Å². The molecule has 0 aliphatic carbocycles. The van der Waals surface area contributed by atoms with E-state index in [-0.39, 0.29) is 0 Å². The van der Waals surface area contributed by atoms with E-state index in [0.29, 0.717) is 24.5 Å². The Bertz CT molecular complexity index is 667. The molecule has 1 aliphatic heterocycles. The van der Waals surface area contributed by atoms with Crippen molar-refractivity contribution in [1.82, 2.24) is 14.9 Å². The predicted octanol–water partition coefficient (Wildman–Crippen LogP) is 2.33. The molecule has 0 aromatic heterocycles. The molecule has 1 heterocycles. The third-order valence-corrected chi connectivity index (χ3v) is 6.05. The zero-order valence-electron chi connectivity index (χ0n) is 15.3. The van der Waals surface area contributed by atoms with Crippen molar-refractivity contribution < 1.29 is 8.42 Å². The monoisotopic (exact) mass is 366 g/mol. The van der Waals surface area contributed by atoms with E-state index in [1.165, 1.54) is 0 Å². The van der Waals surface area contributed by atoms with Crippen molar-refractivity contribution in [2.24, 2.45) is 4.99 Å². The molecule has 1 aliphatic rings. The fourth-order valence-electron chi connectivity index (χ4n) is 2.81. The zero-order valence-corrected chi connectivity index (χ0v) is 16.1. The number of aliphatic imine (C=N–C) groups is 1. The Labute approximate surface area is 151 Å². The molecule has 7 heteroatoms. The number of hydrogen-bond donors (Lipinski definition) is 2. The van der Waals surface area contributed by atoms with E-state index in [2.05, 4.69) is 22.5 Å². The molecule has 0 saturated carbocycles. The molecule has 0 radical (unpaired) electrons. The Kier molecular flexibility index (Phi) is 7.71. The Morgan fingerprint density at radius 2 is 1.92 bits per heavy atom. The van der Waals surface area contributed by atoms with Gasteiger partial charge in [-0.25, -0.2) is 13.4 Å². The molecular weight excluding hydrogens is 336 g/mol. The fourth-order valence-corrected chi connectivity index (χ4v) is 4.40. The summed E-state index contributed by atoms with van der Waals surface area (Å²) in [7, 11) is -3.39. The van der Waals surface area contributed by atoms with Crippen molar-refractivity contribution in [3.63, 3.8) is 0 Å². The second-order valence-electron chi connectivity index (χ2n) is 6.23. The number of piperidine rings is 1. The number of guanidine groups is 1. The lowest BCUT2D eigenvalue weighted by molar-refractivity contribution is 0.346. The van der Waals surface area contributed by atoms with Crippen LogP contribution in [0.2, 0.25) is 0 Å². The first kappa shape index (κ1) is 19.7. The van der Waals surface area contributed by atoms with Crippen LogP contribution in [0.4, 0.5) is 0 Å². The van der Waals surface area contributed by atoms with E-state index in [9.17, 15) is 8.42 Å². The summed E-state index contributed by atoms with van der Waals surface area (Å²) in [5.74, 6) is 0.758. The summed E-state index contributed by atoms with van der Waals surface area (Å²) in [4.78, 5) is 4.91. The van der Waals surface area contributed by atoms with Gasteiger partial charge >= 0.3 is 0 Å². The highest BCUT2D eigenvalue weighted by Gasteiger charge is 2.25. The summed E-state index contributed by atoms with van der Waals surface area (Å²) in [6, 6.07) is 7.14. The number of hydrogen-bond acceptors (Lipinski definition) is 3. The molecule has 1 fully saturated rings. The molecular formula is C18H30N4O2S. The van der Waals surface area contributed by atoms with Crippen LogP contribution in [0, 0.1) is 0 Å². The molecule has 2 rings (SSSR count). The molecule has 0 bridgehead atoms. The fraction of sp³-hybridized carbons (Fsp3) is 0.611. The maximum Gasteiger partial charge on any atom is 0.243 e. The van der Waals surface area contributed by atoms with Gasteiger partial charge in [-0.15, -0.1) is 0 Å². The van der Waals surface area contributed by atoms with Crippen LogP contribution in [-0.4, -0.2) is 44.9 Å². The third kappa shape index (κ3) is 5.71. The second-order valence-corrected chi connectivity index (χ2v) is 8.17. The van der Waals surface area contributed by atoms with Crippen molar-refractivity contribution in [1.29, 1.82) is 0 Å². The SMILES string of the molecule is CCCNC(=NCc1cccc(S(=O)(=O)N2CCCCC2)c1)NCC. The van der Waals surface area contributed by atoms with Gasteiger partial charge in [0, 0.05) is 26.2 Å². The summed E-state index contributed by atoms with van der Waals surface area (Å²) in [5, 5.41) is 6.45. The number of nitrogens with one attached hydrogen (secondary N) is 2. The maximum absolute atomic E-state index is 12.8. The van der Waals surface area contributed by atoms with Crippen LogP contribution >= 0.6 is 0 Å². The van der Waals surface area contributed by atoms with Gasteiger partial charge in [0.25, 0.3) is 0 Å². The summed E-state index contributed by atoms with van der Waals surface area (Å²) in [6.07, 6.45) is 4.02. The molecule has 0 unspecified atom stereocenters. The summed E-state index contributed by atoms with van der Waals surface area (Å²) in [6.45, 7) is 7.46. The number of nitrogens with zero attached hydrogens (tertiary/aromatic N) is 2. The van der Waals surface area contributed by atoms with Crippen LogP contribution in [0.1, 0.15) is 45.1 Å². The molecule has 1 aromatic rings.